The smallest absolute Gasteiger partial charge is 0.350 e. The minimum Gasteiger partial charge on any atom is -0.497 e. The number of carbonyl (C=O) groups excluding carboxylic acids is 1. The first-order chi connectivity index (χ1) is 18.5. The number of carbonyl (C=O) groups is 1. The van der Waals surface area contributed by atoms with Crippen LogP contribution in [0, 0.1) is 0 Å². The van der Waals surface area contributed by atoms with Crippen molar-refractivity contribution >= 4 is 28.9 Å². The van der Waals surface area contributed by atoms with Gasteiger partial charge in [-0.15, -0.1) is 0 Å². The van der Waals surface area contributed by atoms with Gasteiger partial charge in [-0.05, 0) is 67.1 Å². The fourth-order valence-electron chi connectivity index (χ4n) is 4.53. The fraction of sp³-hybridized carbons (Fsp3) is 0.286. The van der Waals surface area contributed by atoms with E-state index in [0.717, 1.165) is 37.7 Å². The normalized spacial score (nSPS) is 13.5. The molecule has 10 heteroatoms. The average Bonchev–Trinajstić information content (AvgIpc) is 3.33. The molecule has 3 heterocycles. The number of ketones is 1. The van der Waals surface area contributed by atoms with E-state index in [1.165, 1.54) is 21.3 Å². The number of benzene rings is 2. The number of hydrogen-bond acceptors (Lipinski definition) is 7. The van der Waals surface area contributed by atoms with Gasteiger partial charge < -0.3 is 14.5 Å². The van der Waals surface area contributed by atoms with Crippen LogP contribution in [0.4, 0.5) is 11.5 Å². The average molecular weight is 533 g/mol. The van der Waals surface area contributed by atoms with Crippen molar-refractivity contribution in [3.8, 4) is 11.4 Å². The molecule has 0 saturated carbocycles. The van der Waals surface area contributed by atoms with E-state index in [0.29, 0.717) is 35.7 Å². The highest BCUT2D eigenvalue weighted by Crippen LogP contribution is 2.22. The Hall–Kier alpha value is -4.11. The van der Waals surface area contributed by atoms with E-state index in [1.807, 2.05) is 24.3 Å². The second-order valence-electron chi connectivity index (χ2n) is 9.09. The number of halogens is 1. The van der Waals surface area contributed by atoms with Crippen LogP contribution in [-0.2, 0) is 6.54 Å². The van der Waals surface area contributed by atoms with E-state index in [1.54, 1.807) is 37.6 Å². The molecule has 2 aromatic heterocycles. The van der Waals surface area contributed by atoms with E-state index < -0.39 is 0 Å². The maximum absolute atomic E-state index is 12.9. The number of aromatic nitrogens is 4. The summed E-state index contributed by atoms with van der Waals surface area (Å²) >= 11 is 5.88. The van der Waals surface area contributed by atoms with Crippen molar-refractivity contribution in [3.63, 3.8) is 0 Å². The van der Waals surface area contributed by atoms with Crippen molar-refractivity contribution in [2.45, 2.75) is 19.4 Å². The standard InChI is InChI=1S/C28H29ClN6O3/c1-38-25-11-8-23(9-12-25)32-15-17-33(18-16-32)27-13-10-24(19-30-27)34-20-31-35(28(34)37)14-2-3-26(36)21-4-6-22(29)7-5-21/h4-13,19-20H,2-3,14-18H2,1H3. The molecule has 5 rings (SSSR count). The summed E-state index contributed by atoms with van der Waals surface area (Å²) in [6, 6.07) is 18.8. The van der Waals surface area contributed by atoms with E-state index in [9.17, 15) is 9.59 Å². The lowest BCUT2D eigenvalue weighted by Gasteiger charge is -2.36. The molecule has 0 radical (unpaired) electrons. The summed E-state index contributed by atoms with van der Waals surface area (Å²) in [7, 11) is 1.67. The van der Waals surface area contributed by atoms with Gasteiger partial charge in [-0.25, -0.2) is 19.0 Å². The minimum absolute atomic E-state index is 0.0127. The van der Waals surface area contributed by atoms with E-state index in [-0.39, 0.29) is 11.5 Å². The Kier molecular flexibility index (Phi) is 7.74. The predicted octanol–water partition coefficient (Wildman–Crippen LogP) is 4.08. The van der Waals surface area contributed by atoms with Gasteiger partial charge >= 0.3 is 5.69 Å². The van der Waals surface area contributed by atoms with Crippen LogP contribution in [0.2, 0.25) is 5.02 Å². The third kappa shape index (κ3) is 5.73. The molecule has 0 atom stereocenters. The molecule has 0 bridgehead atoms. The number of ether oxygens (including phenoxy) is 1. The van der Waals surface area contributed by atoms with Gasteiger partial charge in [-0.2, -0.15) is 5.10 Å². The van der Waals surface area contributed by atoms with E-state index in [4.69, 9.17) is 16.3 Å². The van der Waals surface area contributed by atoms with Gasteiger partial charge in [-0.1, -0.05) is 11.6 Å². The van der Waals surface area contributed by atoms with Crippen molar-refractivity contribution in [2.24, 2.45) is 0 Å². The monoisotopic (exact) mass is 532 g/mol. The van der Waals surface area contributed by atoms with E-state index >= 15 is 0 Å². The number of Topliss-reactive ketones (excluding diaryl/α,β-unsaturated/α-hetero) is 1. The Morgan fingerprint density at radius 1 is 0.921 bits per heavy atom. The van der Waals surface area contributed by atoms with Crippen LogP contribution in [0.5, 0.6) is 5.75 Å². The lowest BCUT2D eigenvalue weighted by Crippen LogP contribution is -2.46. The largest absolute Gasteiger partial charge is 0.497 e. The van der Waals surface area contributed by atoms with Crippen LogP contribution < -0.4 is 20.2 Å². The first-order valence-electron chi connectivity index (χ1n) is 12.6. The van der Waals surface area contributed by atoms with Gasteiger partial charge in [0.2, 0.25) is 0 Å². The third-order valence-corrected chi connectivity index (χ3v) is 6.98. The van der Waals surface area contributed by atoms with Crippen LogP contribution in [0.1, 0.15) is 23.2 Å². The Balaban J connectivity index is 1.15. The highest BCUT2D eigenvalue weighted by molar-refractivity contribution is 6.30. The van der Waals surface area contributed by atoms with Crippen LogP contribution in [0.3, 0.4) is 0 Å². The molecule has 1 fully saturated rings. The van der Waals surface area contributed by atoms with Crippen LogP contribution in [0.15, 0.2) is 78.0 Å². The summed E-state index contributed by atoms with van der Waals surface area (Å²) in [4.78, 5) is 34.4. The Morgan fingerprint density at radius 3 is 2.26 bits per heavy atom. The SMILES string of the molecule is COc1ccc(N2CCN(c3ccc(-n4cnn(CCCC(=O)c5ccc(Cl)cc5)c4=O)cn3)CC2)cc1. The first kappa shape index (κ1) is 25.5. The van der Waals surface area contributed by atoms with Gasteiger partial charge in [0, 0.05) is 55.4 Å². The number of methoxy groups -OCH3 is 1. The van der Waals surface area contributed by atoms with Crippen molar-refractivity contribution < 1.29 is 9.53 Å². The zero-order valence-corrected chi connectivity index (χ0v) is 21.9. The highest BCUT2D eigenvalue weighted by atomic mass is 35.5. The van der Waals surface area contributed by atoms with Crippen LogP contribution in [0.25, 0.3) is 5.69 Å². The van der Waals surface area contributed by atoms with Crippen molar-refractivity contribution in [1.82, 2.24) is 19.3 Å². The summed E-state index contributed by atoms with van der Waals surface area (Å²) in [5.74, 6) is 1.74. The molecule has 1 aliphatic rings. The zero-order chi connectivity index (χ0) is 26.5. The summed E-state index contributed by atoms with van der Waals surface area (Å²) < 4.78 is 8.10. The van der Waals surface area contributed by atoms with Gasteiger partial charge in [0.05, 0.1) is 19.0 Å². The van der Waals surface area contributed by atoms with Crippen molar-refractivity contribution in [3.05, 3.63) is 94.3 Å². The number of pyridine rings is 1. The fourth-order valence-corrected chi connectivity index (χ4v) is 4.66. The van der Waals surface area contributed by atoms with Crippen LogP contribution >= 0.6 is 11.6 Å². The number of nitrogens with zero attached hydrogens (tertiary/aromatic N) is 6. The summed E-state index contributed by atoms with van der Waals surface area (Å²) in [5.41, 5.74) is 2.19. The van der Waals surface area contributed by atoms with Crippen molar-refractivity contribution in [1.29, 1.82) is 0 Å². The van der Waals surface area contributed by atoms with Crippen LogP contribution in [-0.4, -0.2) is 58.4 Å². The number of piperazine rings is 1. The molecule has 0 aliphatic carbocycles. The van der Waals surface area contributed by atoms with Gasteiger partial charge in [0.25, 0.3) is 0 Å². The molecular formula is C28H29ClN6O3. The van der Waals surface area contributed by atoms with Gasteiger partial charge in [0.15, 0.2) is 5.78 Å². The topological polar surface area (TPSA) is 85.5 Å². The summed E-state index contributed by atoms with van der Waals surface area (Å²) in [6.45, 7) is 3.84. The Morgan fingerprint density at radius 2 is 1.61 bits per heavy atom. The molecular weight excluding hydrogens is 504 g/mol. The number of aryl methyl sites for hydroxylation is 1. The molecule has 0 amide bonds. The van der Waals surface area contributed by atoms with E-state index in [2.05, 4.69) is 32.0 Å². The number of hydrogen-bond donors (Lipinski definition) is 0. The summed E-state index contributed by atoms with van der Waals surface area (Å²) in [6.07, 6.45) is 4.03. The highest BCUT2D eigenvalue weighted by Gasteiger charge is 2.19. The molecule has 4 aromatic rings. The molecule has 0 N–H and O–H groups in total. The van der Waals surface area contributed by atoms with Gasteiger partial charge in [0.1, 0.15) is 17.9 Å². The molecule has 0 spiro atoms. The molecule has 1 aliphatic heterocycles. The molecule has 0 unspecified atom stereocenters. The molecule has 2 aromatic carbocycles. The molecule has 196 valence electrons. The minimum atomic E-state index is -0.258. The Bertz CT molecular complexity index is 1420. The quantitative estimate of drug-likeness (QED) is 0.300. The first-order valence-corrected chi connectivity index (χ1v) is 12.9. The summed E-state index contributed by atoms with van der Waals surface area (Å²) in [5, 5.41) is 4.81. The molecule has 38 heavy (non-hydrogen) atoms. The van der Waals surface area contributed by atoms with Gasteiger partial charge in [-0.3, -0.25) is 4.79 Å². The number of anilines is 2. The zero-order valence-electron chi connectivity index (χ0n) is 21.2. The number of rotatable bonds is 9. The Labute approximate surface area is 225 Å². The lowest BCUT2D eigenvalue weighted by molar-refractivity contribution is 0.0978. The molecule has 9 nitrogen and oxygen atoms in total. The lowest BCUT2D eigenvalue weighted by atomic mass is 10.1. The maximum Gasteiger partial charge on any atom is 0.350 e. The molecule has 1 saturated heterocycles. The third-order valence-electron chi connectivity index (χ3n) is 6.73. The van der Waals surface area contributed by atoms with Crippen molar-refractivity contribution in [2.75, 3.05) is 43.1 Å². The second-order valence-corrected chi connectivity index (χ2v) is 9.52. The maximum atomic E-state index is 12.9. The predicted molar refractivity (Wildman–Crippen MR) is 148 cm³/mol. The second kappa shape index (κ2) is 11.5.